The van der Waals surface area contributed by atoms with Gasteiger partial charge in [-0.05, 0) is 67.6 Å². The summed E-state index contributed by atoms with van der Waals surface area (Å²) in [5.41, 5.74) is 3.40. The van der Waals surface area contributed by atoms with Crippen LogP contribution in [0, 0.1) is 13.8 Å². The number of benzene rings is 2. The van der Waals surface area contributed by atoms with Gasteiger partial charge in [0.15, 0.2) is 0 Å². The molecule has 0 saturated heterocycles. The Morgan fingerprint density at radius 3 is 2.30 bits per heavy atom. The monoisotopic (exact) mass is 454 g/mol. The molecule has 0 fully saturated rings. The number of aldehydes is 1. The Hall–Kier alpha value is -3.68. The Labute approximate surface area is 193 Å². The van der Waals surface area contributed by atoms with Crippen LogP contribution in [0.1, 0.15) is 58.6 Å². The maximum absolute atomic E-state index is 12.8. The van der Waals surface area contributed by atoms with Gasteiger partial charge in [0.1, 0.15) is 12.0 Å². The van der Waals surface area contributed by atoms with Crippen LogP contribution in [-0.2, 0) is 14.4 Å². The summed E-state index contributed by atoms with van der Waals surface area (Å²) < 4.78 is 0. The normalized spacial score (nSPS) is 12.4. The third-order valence-corrected chi connectivity index (χ3v) is 5.47. The van der Waals surface area contributed by atoms with Gasteiger partial charge in [-0.1, -0.05) is 24.6 Å². The van der Waals surface area contributed by atoms with Crippen LogP contribution >= 0.6 is 0 Å². The largest absolute Gasteiger partial charge is 0.508 e. The average molecular weight is 455 g/mol. The maximum Gasteiger partial charge on any atom is 0.305 e. The minimum absolute atomic E-state index is 0.0589. The molecule has 0 bridgehead atoms. The molecule has 0 aliphatic rings. The van der Waals surface area contributed by atoms with E-state index in [1.54, 1.807) is 18.2 Å². The Kier molecular flexibility index (Phi) is 9.60. The van der Waals surface area contributed by atoms with Gasteiger partial charge >= 0.3 is 5.97 Å². The van der Waals surface area contributed by atoms with Gasteiger partial charge in [-0.3, -0.25) is 14.4 Å². The van der Waals surface area contributed by atoms with Crippen molar-refractivity contribution in [3.63, 3.8) is 0 Å². The van der Waals surface area contributed by atoms with Crippen molar-refractivity contribution in [2.24, 2.45) is 0 Å². The Bertz CT molecular complexity index is 987. The molecule has 8 nitrogen and oxygen atoms in total. The van der Waals surface area contributed by atoms with Gasteiger partial charge in [-0.15, -0.1) is 0 Å². The number of carbonyl (C=O) groups excluding carboxylic acids is 3. The first-order chi connectivity index (χ1) is 15.7. The lowest BCUT2D eigenvalue weighted by Crippen LogP contribution is -2.40. The van der Waals surface area contributed by atoms with E-state index in [-0.39, 0.29) is 11.7 Å². The van der Waals surface area contributed by atoms with Crippen molar-refractivity contribution >= 4 is 24.1 Å². The van der Waals surface area contributed by atoms with Crippen molar-refractivity contribution in [3.05, 3.63) is 64.7 Å². The molecule has 8 heteroatoms. The van der Waals surface area contributed by atoms with Crippen LogP contribution in [0.3, 0.4) is 0 Å². The molecule has 0 aliphatic heterocycles. The molecule has 0 aliphatic carbocycles. The van der Waals surface area contributed by atoms with Crippen LogP contribution in [0.2, 0.25) is 0 Å². The number of rotatable bonds is 12. The van der Waals surface area contributed by atoms with E-state index in [1.807, 2.05) is 26.0 Å². The average Bonchev–Trinajstić information content (AvgIpc) is 2.77. The zero-order valence-corrected chi connectivity index (χ0v) is 18.8. The van der Waals surface area contributed by atoms with Crippen molar-refractivity contribution in [1.29, 1.82) is 0 Å². The number of carboxylic acids is 1. The van der Waals surface area contributed by atoms with Gasteiger partial charge in [0.05, 0.1) is 18.4 Å². The zero-order valence-electron chi connectivity index (χ0n) is 18.8. The second kappa shape index (κ2) is 12.4. The predicted molar refractivity (Wildman–Crippen MR) is 123 cm³/mol. The molecule has 1 unspecified atom stereocenters. The summed E-state index contributed by atoms with van der Waals surface area (Å²) in [6.45, 7) is 4.37. The molecular weight excluding hydrogens is 424 g/mol. The van der Waals surface area contributed by atoms with Gasteiger partial charge < -0.3 is 25.6 Å². The van der Waals surface area contributed by atoms with Gasteiger partial charge in [0, 0.05) is 12.1 Å². The van der Waals surface area contributed by atoms with Crippen LogP contribution in [0.15, 0.2) is 42.5 Å². The number of aliphatic carboxylic acids is 1. The standard InChI is InChI=1S/C25H30N2O6/c1-16-6-7-19(13-17(16)2)24(32)26-12-4-3-5-22(18-8-10-21(29)11-9-18)25(33)27-20(15-28)14-23(30)31/h6-11,13,15,20,22,29H,3-5,12,14H2,1-2H3,(H,26,32)(H,27,33)(H,30,31)/t20-,22?/m1/s1. The number of nitrogens with one attached hydrogen (secondary N) is 2. The molecule has 176 valence electrons. The first-order valence-corrected chi connectivity index (χ1v) is 10.8. The van der Waals surface area contributed by atoms with Crippen molar-refractivity contribution in [3.8, 4) is 5.75 Å². The fraction of sp³-hybridized carbons (Fsp3) is 0.360. The SMILES string of the molecule is Cc1ccc(C(=O)NCCCCC(C(=O)N[C@@H](C=O)CC(=O)O)c2ccc(O)cc2)cc1C. The second-order valence-corrected chi connectivity index (χ2v) is 8.04. The number of hydrogen-bond acceptors (Lipinski definition) is 5. The number of hydrogen-bond donors (Lipinski definition) is 4. The van der Waals surface area contributed by atoms with E-state index >= 15 is 0 Å². The van der Waals surface area contributed by atoms with E-state index in [2.05, 4.69) is 10.6 Å². The molecule has 4 N–H and O–H groups in total. The molecule has 0 radical (unpaired) electrons. The summed E-state index contributed by atoms with van der Waals surface area (Å²) in [6, 6.07) is 10.6. The van der Waals surface area contributed by atoms with Crippen molar-refractivity contribution in [2.45, 2.75) is 51.5 Å². The molecule has 0 spiro atoms. The number of aryl methyl sites for hydroxylation is 2. The van der Waals surface area contributed by atoms with E-state index in [0.29, 0.717) is 43.2 Å². The van der Waals surface area contributed by atoms with Crippen LogP contribution in [0.25, 0.3) is 0 Å². The highest BCUT2D eigenvalue weighted by molar-refractivity contribution is 5.94. The quantitative estimate of drug-likeness (QED) is 0.288. The lowest BCUT2D eigenvalue weighted by molar-refractivity contribution is -0.138. The smallest absolute Gasteiger partial charge is 0.305 e. The first-order valence-electron chi connectivity index (χ1n) is 10.8. The number of phenolic OH excluding ortho intramolecular Hbond substituents is 1. The third kappa shape index (κ3) is 8.07. The van der Waals surface area contributed by atoms with E-state index in [0.717, 1.165) is 11.1 Å². The third-order valence-electron chi connectivity index (χ3n) is 5.47. The number of aromatic hydroxyl groups is 1. The van der Waals surface area contributed by atoms with Crippen LogP contribution in [0.5, 0.6) is 5.75 Å². The van der Waals surface area contributed by atoms with E-state index < -0.39 is 30.3 Å². The number of unbranched alkanes of at least 4 members (excludes halogenated alkanes) is 1. The number of carboxylic acid groups (broad SMARTS) is 1. The molecule has 2 aromatic rings. The van der Waals surface area contributed by atoms with Gasteiger partial charge in [-0.25, -0.2) is 0 Å². The van der Waals surface area contributed by atoms with Crippen LogP contribution in [-0.4, -0.2) is 46.9 Å². The Morgan fingerprint density at radius 1 is 1.00 bits per heavy atom. The second-order valence-electron chi connectivity index (χ2n) is 8.04. The fourth-order valence-electron chi connectivity index (χ4n) is 3.42. The number of carbonyl (C=O) groups is 4. The van der Waals surface area contributed by atoms with E-state index in [9.17, 15) is 24.3 Å². The molecule has 2 amide bonds. The van der Waals surface area contributed by atoms with E-state index in [1.165, 1.54) is 12.1 Å². The number of phenols is 1. The summed E-state index contributed by atoms with van der Waals surface area (Å²) in [7, 11) is 0. The minimum Gasteiger partial charge on any atom is -0.508 e. The predicted octanol–water partition coefficient (Wildman–Crippen LogP) is 2.85. The Balaban J connectivity index is 1.94. The molecular formula is C25H30N2O6. The summed E-state index contributed by atoms with van der Waals surface area (Å²) in [4.78, 5) is 47.2. The highest BCUT2D eigenvalue weighted by atomic mass is 16.4. The zero-order chi connectivity index (χ0) is 24.4. The van der Waals surface area contributed by atoms with Crippen molar-refractivity contribution in [2.75, 3.05) is 6.54 Å². The summed E-state index contributed by atoms with van der Waals surface area (Å²) in [5, 5.41) is 23.8. The van der Waals surface area contributed by atoms with Crippen LogP contribution < -0.4 is 10.6 Å². The molecule has 0 saturated carbocycles. The summed E-state index contributed by atoms with van der Waals surface area (Å²) >= 11 is 0. The molecule has 0 heterocycles. The molecule has 33 heavy (non-hydrogen) atoms. The topological polar surface area (TPSA) is 133 Å². The Morgan fingerprint density at radius 2 is 1.70 bits per heavy atom. The fourth-order valence-corrected chi connectivity index (χ4v) is 3.42. The lowest BCUT2D eigenvalue weighted by Gasteiger charge is -2.20. The first kappa shape index (κ1) is 25.6. The minimum atomic E-state index is -1.19. The molecule has 0 aromatic heterocycles. The molecule has 2 rings (SSSR count). The van der Waals surface area contributed by atoms with Gasteiger partial charge in [0.25, 0.3) is 5.91 Å². The lowest BCUT2D eigenvalue weighted by atomic mass is 9.92. The molecule has 2 aromatic carbocycles. The van der Waals surface area contributed by atoms with E-state index in [4.69, 9.17) is 5.11 Å². The van der Waals surface area contributed by atoms with Crippen molar-refractivity contribution < 1.29 is 29.4 Å². The highest BCUT2D eigenvalue weighted by Gasteiger charge is 2.24. The van der Waals surface area contributed by atoms with Gasteiger partial charge in [0.2, 0.25) is 5.91 Å². The highest BCUT2D eigenvalue weighted by Crippen LogP contribution is 2.24. The summed E-state index contributed by atoms with van der Waals surface area (Å²) in [5.74, 6) is -2.37. The summed E-state index contributed by atoms with van der Waals surface area (Å²) in [6.07, 6.45) is 1.57. The van der Waals surface area contributed by atoms with Gasteiger partial charge in [-0.2, -0.15) is 0 Å². The maximum atomic E-state index is 12.8. The van der Waals surface area contributed by atoms with Crippen LogP contribution in [0.4, 0.5) is 0 Å². The van der Waals surface area contributed by atoms with Crippen molar-refractivity contribution in [1.82, 2.24) is 10.6 Å². The molecule has 2 atom stereocenters. The number of amides is 2.